The number of phenolic OH excluding ortho intramolecular Hbond substituents is 1. The third kappa shape index (κ3) is 6.81. The number of aryl methyl sites for hydroxylation is 1. The van der Waals surface area contributed by atoms with Crippen LogP contribution in [0.15, 0.2) is 84.9 Å². The van der Waals surface area contributed by atoms with E-state index in [0.717, 1.165) is 56.0 Å². The van der Waals surface area contributed by atoms with Crippen LogP contribution in [0, 0.1) is 5.92 Å². The van der Waals surface area contributed by atoms with Crippen LogP contribution in [-0.2, 0) is 22.6 Å². The quantitative estimate of drug-likeness (QED) is 0.181. The van der Waals surface area contributed by atoms with Crippen molar-refractivity contribution in [3.8, 4) is 11.5 Å². The van der Waals surface area contributed by atoms with E-state index in [2.05, 4.69) is 81.1 Å². The van der Waals surface area contributed by atoms with Crippen LogP contribution in [0.1, 0.15) is 95.0 Å². The Morgan fingerprint density at radius 3 is 2.44 bits per heavy atom. The molecule has 0 aromatic heterocycles. The van der Waals surface area contributed by atoms with E-state index in [9.17, 15) is 19.5 Å². The number of benzene rings is 4. The normalized spacial score (nSPS) is 27.1. The summed E-state index contributed by atoms with van der Waals surface area (Å²) in [6.45, 7) is 4.89. The Morgan fingerprint density at radius 2 is 1.63 bits per heavy atom. The molecule has 3 fully saturated rings. The van der Waals surface area contributed by atoms with Crippen LogP contribution in [0.25, 0.3) is 0 Å². The highest BCUT2D eigenvalue weighted by Gasteiger charge is 2.43. The minimum Gasteiger partial charge on any atom is -0.508 e. The van der Waals surface area contributed by atoms with Gasteiger partial charge in [-0.2, -0.15) is 0 Å². The molecular weight excluding hydrogens is 715 g/mol. The first-order chi connectivity index (χ1) is 27.9. The topological polar surface area (TPSA) is 114 Å². The van der Waals surface area contributed by atoms with Gasteiger partial charge in [-0.05, 0) is 115 Å². The maximum atomic E-state index is 13.4. The van der Waals surface area contributed by atoms with Crippen LogP contribution in [-0.4, -0.2) is 83.5 Å². The van der Waals surface area contributed by atoms with E-state index in [1.165, 1.54) is 53.6 Å². The minimum absolute atomic E-state index is 0.165. The fraction of sp³-hybridized carbons (Fsp3) is 0.426. The number of anilines is 2. The van der Waals surface area contributed by atoms with Gasteiger partial charge >= 0.3 is 0 Å². The van der Waals surface area contributed by atoms with Crippen LogP contribution < -0.4 is 20.3 Å². The monoisotopic (exact) mass is 765 g/mol. The van der Waals surface area contributed by atoms with Crippen molar-refractivity contribution < 1.29 is 24.2 Å². The molecule has 57 heavy (non-hydrogen) atoms. The smallest absolute Gasteiger partial charge is 0.255 e. The molecule has 6 aliphatic rings. The number of piperazine rings is 1. The molecule has 1 saturated carbocycles. The predicted molar refractivity (Wildman–Crippen MR) is 219 cm³/mol. The number of imide groups is 1. The number of carbonyl (C=O) groups excluding carboxylic acids is 3. The largest absolute Gasteiger partial charge is 0.508 e. The highest BCUT2D eigenvalue weighted by atomic mass is 16.5. The second kappa shape index (κ2) is 14.9. The minimum atomic E-state index is -0.632. The molecule has 0 spiro atoms. The SMILES string of the molecule is O=C1CCC(N2Cc3c(ccc4c3OC[C@H]3CN(CC5CCC(Nc6ccc([C@@H]7c8ccc(O)cc8CC[C@@H]7c7ccccc7)cc6)CC5)CCN43)C2=O)C(=O)N1. The third-order valence-corrected chi connectivity index (χ3v) is 13.8. The number of amides is 3. The fourth-order valence-corrected chi connectivity index (χ4v) is 10.9. The van der Waals surface area contributed by atoms with Crippen molar-refractivity contribution in [2.45, 2.75) is 87.9 Å². The number of carbonyl (C=O) groups is 3. The Balaban J connectivity index is 0.734. The standard InChI is InChI=1S/C47H51N5O5/c53-36-15-17-38-32(24-36)10-16-37(30-4-2-1-3-5-30)44(38)31-8-13-34(14-9-31)48-33-11-6-29(7-12-33)25-50-22-23-51-35(26-50)28-57-45-40-27-52(42-20-21-43(54)49-46(42)55)47(56)39(40)18-19-41(45)51/h1-5,8-9,13-15,17-19,24,29,33,35,37,42,44,48,53H,6-7,10-12,16,20-23,25-28H2,(H,49,54,55)/t29?,33?,35-,37-,42?,44+/m1/s1. The van der Waals surface area contributed by atoms with Crippen molar-refractivity contribution in [2.75, 3.05) is 43.0 Å². The van der Waals surface area contributed by atoms with Crippen LogP contribution in [0.5, 0.6) is 11.5 Å². The molecule has 4 aromatic carbocycles. The van der Waals surface area contributed by atoms with Crippen LogP contribution in [0.4, 0.5) is 11.4 Å². The number of phenols is 1. The molecule has 10 heteroatoms. The average Bonchev–Trinajstić information content (AvgIpc) is 3.57. The number of ether oxygens (including phenoxy) is 1. The third-order valence-electron chi connectivity index (χ3n) is 13.8. The molecule has 1 unspecified atom stereocenters. The Morgan fingerprint density at radius 1 is 0.807 bits per heavy atom. The lowest BCUT2D eigenvalue weighted by molar-refractivity contribution is -0.136. The van der Waals surface area contributed by atoms with Crippen molar-refractivity contribution in [3.05, 3.63) is 118 Å². The number of fused-ring (bicyclic) bond motifs is 6. The van der Waals surface area contributed by atoms with Crippen molar-refractivity contribution in [1.29, 1.82) is 0 Å². The Kier molecular flexibility index (Phi) is 9.39. The van der Waals surface area contributed by atoms with E-state index in [-0.39, 0.29) is 30.2 Å². The van der Waals surface area contributed by atoms with Gasteiger partial charge < -0.3 is 25.0 Å². The Bertz CT molecular complexity index is 2180. The van der Waals surface area contributed by atoms with E-state index in [0.29, 0.717) is 48.8 Å². The summed E-state index contributed by atoms with van der Waals surface area (Å²) in [5.74, 6) is 1.62. The molecule has 4 aromatic rings. The van der Waals surface area contributed by atoms with Gasteiger partial charge in [-0.3, -0.25) is 24.6 Å². The highest BCUT2D eigenvalue weighted by molar-refractivity contribution is 6.06. The number of hydrogen-bond acceptors (Lipinski definition) is 8. The lowest BCUT2D eigenvalue weighted by Crippen LogP contribution is -2.58. The molecule has 2 aliphatic carbocycles. The van der Waals surface area contributed by atoms with E-state index in [4.69, 9.17) is 4.74 Å². The number of nitrogens with zero attached hydrogens (tertiary/aromatic N) is 3. The molecule has 3 amide bonds. The predicted octanol–water partition coefficient (Wildman–Crippen LogP) is 6.57. The van der Waals surface area contributed by atoms with Gasteiger partial charge in [-0.15, -0.1) is 0 Å². The number of nitrogens with one attached hydrogen (secondary N) is 2. The van der Waals surface area contributed by atoms with E-state index in [1.807, 2.05) is 24.3 Å². The first-order valence-electron chi connectivity index (χ1n) is 21.0. The van der Waals surface area contributed by atoms with Crippen molar-refractivity contribution in [1.82, 2.24) is 15.1 Å². The van der Waals surface area contributed by atoms with Crippen LogP contribution in [0.2, 0.25) is 0 Å². The van der Waals surface area contributed by atoms with E-state index >= 15 is 0 Å². The summed E-state index contributed by atoms with van der Waals surface area (Å²) in [7, 11) is 0. The first-order valence-corrected chi connectivity index (χ1v) is 21.0. The summed E-state index contributed by atoms with van der Waals surface area (Å²) in [5, 5.41) is 16.5. The summed E-state index contributed by atoms with van der Waals surface area (Å²) in [5.41, 5.74) is 8.98. The zero-order valence-electron chi connectivity index (χ0n) is 32.4. The van der Waals surface area contributed by atoms with Gasteiger partial charge in [-0.25, -0.2) is 0 Å². The molecule has 10 rings (SSSR count). The van der Waals surface area contributed by atoms with Crippen molar-refractivity contribution >= 4 is 29.1 Å². The van der Waals surface area contributed by atoms with E-state index < -0.39 is 11.9 Å². The Labute approximate surface area is 334 Å². The zero-order chi connectivity index (χ0) is 38.6. The van der Waals surface area contributed by atoms with Gasteiger partial charge in [0.15, 0.2) is 0 Å². The first kappa shape index (κ1) is 36.0. The van der Waals surface area contributed by atoms with Gasteiger partial charge in [0, 0.05) is 61.4 Å². The van der Waals surface area contributed by atoms with Crippen molar-refractivity contribution in [2.24, 2.45) is 5.92 Å². The van der Waals surface area contributed by atoms with Crippen molar-refractivity contribution in [3.63, 3.8) is 0 Å². The molecule has 3 N–H and O–H groups in total. The maximum Gasteiger partial charge on any atom is 0.255 e. The molecular formula is C47H51N5O5. The van der Waals surface area contributed by atoms with Gasteiger partial charge in [0.25, 0.3) is 5.91 Å². The summed E-state index contributed by atoms with van der Waals surface area (Å²) in [4.78, 5) is 44.4. The lowest BCUT2D eigenvalue weighted by Gasteiger charge is -2.47. The van der Waals surface area contributed by atoms with Crippen LogP contribution in [0.3, 0.4) is 0 Å². The van der Waals surface area contributed by atoms with Gasteiger partial charge in [-0.1, -0.05) is 48.5 Å². The second-order valence-corrected chi connectivity index (χ2v) is 17.2. The summed E-state index contributed by atoms with van der Waals surface area (Å²) in [6, 6.07) is 30.0. The Hall–Kier alpha value is -5.35. The molecule has 4 atom stereocenters. The number of rotatable bonds is 7. The number of hydrogen-bond donors (Lipinski definition) is 3. The molecule has 10 nitrogen and oxygen atoms in total. The second-order valence-electron chi connectivity index (χ2n) is 17.2. The van der Waals surface area contributed by atoms with Gasteiger partial charge in [0.2, 0.25) is 11.8 Å². The summed E-state index contributed by atoms with van der Waals surface area (Å²) in [6.07, 6.45) is 7.40. The van der Waals surface area contributed by atoms with Gasteiger partial charge in [0.05, 0.1) is 18.3 Å². The highest BCUT2D eigenvalue weighted by Crippen LogP contribution is 2.48. The lowest BCUT2D eigenvalue weighted by atomic mass is 9.69. The summed E-state index contributed by atoms with van der Waals surface area (Å²) >= 11 is 0. The average molecular weight is 766 g/mol. The molecule has 4 heterocycles. The molecule has 0 bridgehead atoms. The molecule has 4 aliphatic heterocycles. The number of aromatic hydroxyl groups is 1. The maximum absolute atomic E-state index is 13.4. The van der Waals surface area contributed by atoms with E-state index in [1.54, 1.807) is 4.90 Å². The molecule has 0 radical (unpaired) electrons. The summed E-state index contributed by atoms with van der Waals surface area (Å²) < 4.78 is 6.44. The molecule has 2 saturated heterocycles. The fourth-order valence-electron chi connectivity index (χ4n) is 10.9. The molecule has 294 valence electrons. The zero-order valence-corrected chi connectivity index (χ0v) is 32.4. The van der Waals surface area contributed by atoms with Crippen LogP contribution >= 0.6 is 0 Å². The van der Waals surface area contributed by atoms with Gasteiger partial charge in [0.1, 0.15) is 24.1 Å². The number of piperidine rings is 1.